The van der Waals surface area contributed by atoms with Gasteiger partial charge in [0.25, 0.3) is 5.91 Å². The molecule has 0 spiro atoms. The Kier molecular flexibility index (Phi) is 2.47. The Labute approximate surface area is 92.6 Å². The molecule has 0 aliphatic carbocycles. The number of ether oxygens (including phenoxy) is 1. The summed E-state index contributed by atoms with van der Waals surface area (Å²) in [4.78, 5) is 27.2. The number of hydrogen-bond donors (Lipinski definition) is 1. The third-order valence-corrected chi connectivity index (χ3v) is 2.68. The van der Waals surface area contributed by atoms with E-state index in [0.717, 1.165) is 0 Å². The van der Waals surface area contributed by atoms with Crippen LogP contribution in [0.4, 0.5) is 0 Å². The molecular weight excluding hydrogens is 208 g/mol. The zero-order chi connectivity index (χ0) is 11.8. The Morgan fingerprint density at radius 1 is 1.50 bits per heavy atom. The van der Waals surface area contributed by atoms with Gasteiger partial charge < -0.3 is 10.5 Å². The van der Waals surface area contributed by atoms with Gasteiger partial charge in [-0.05, 0) is 19.1 Å². The molecule has 5 nitrogen and oxygen atoms in total. The van der Waals surface area contributed by atoms with E-state index in [1.165, 1.54) is 12.3 Å². The van der Waals surface area contributed by atoms with Crippen molar-refractivity contribution in [2.24, 2.45) is 11.1 Å². The summed E-state index contributed by atoms with van der Waals surface area (Å²) in [6, 6.07) is 3.09. The van der Waals surface area contributed by atoms with E-state index in [1.54, 1.807) is 13.0 Å². The van der Waals surface area contributed by atoms with Gasteiger partial charge in [-0.3, -0.25) is 14.6 Å². The number of ketones is 1. The molecule has 0 radical (unpaired) electrons. The minimum Gasteiger partial charge on any atom is -0.379 e. The number of pyridine rings is 1. The zero-order valence-electron chi connectivity index (χ0n) is 8.90. The van der Waals surface area contributed by atoms with E-state index in [4.69, 9.17) is 10.5 Å². The molecule has 84 valence electrons. The molecular formula is C11H12N2O3. The maximum absolute atomic E-state index is 12.1. The summed E-state index contributed by atoms with van der Waals surface area (Å²) in [5.74, 6) is -0.826. The molecule has 0 atom stereocenters. The minimum atomic E-state index is -0.639. The predicted molar refractivity (Wildman–Crippen MR) is 56.0 cm³/mol. The van der Waals surface area contributed by atoms with E-state index < -0.39 is 11.3 Å². The number of carbonyl (C=O) groups is 2. The van der Waals surface area contributed by atoms with Crippen molar-refractivity contribution in [1.82, 2.24) is 4.98 Å². The summed E-state index contributed by atoms with van der Waals surface area (Å²) >= 11 is 0. The highest BCUT2D eigenvalue weighted by Crippen LogP contribution is 2.31. The third kappa shape index (κ3) is 1.59. The number of rotatable bonds is 3. The number of nitrogens with two attached hydrogens (primary N) is 1. The normalized spacial score (nSPS) is 17.6. The molecule has 1 fully saturated rings. The molecule has 0 aromatic carbocycles. The quantitative estimate of drug-likeness (QED) is 0.747. The number of amides is 1. The van der Waals surface area contributed by atoms with Crippen LogP contribution in [-0.2, 0) is 4.74 Å². The second-order valence-electron chi connectivity index (χ2n) is 4.15. The van der Waals surface area contributed by atoms with Gasteiger partial charge in [0.1, 0.15) is 5.69 Å². The molecule has 2 heterocycles. The highest BCUT2D eigenvalue weighted by molar-refractivity contribution is 6.08. The first-order valence-corrected chi connectivity index (χ1v) is 4.92. The lowest BCUT2D eigenvalue weighted by molar-refractivity contribution is -0.0770. The maximum Gasteiger partial charge on any atom is 0.251 e. The first-order valence-electron chi connectivity index (χ1n) is 4.92. The number of Topliss-reactive ketones (excluding diaryl/α,β-unsaturated/α-hetero) is 1. The van der Waals surface area contributed by atoms with Gasteiger partial charge in [-0.25, -0.2) is 0 Å². The van der Waals surface area contributed by atoms with Crippen molar-refractivity contribution in [3.63, 3.8) is 0 Å². The summed E-state index contributed by atoms with van der Waals surface area (Å²) < 4.78 is 5.02. The summed E-state index contributed by atoms with van der Waals surface area (Å²) in [7, 11) is 0. The summed E-state index contributed by atoms with van der Waals surface area (Å²) in [6.07, 6.45) is 1.47. The number of nitrogens with zero attached hydrogens (tertiary/aromatic N) is 1. The predicted octanol–water partition coefficient (Wildman–Crippen LogP) is 0.400. The largest absolute Gasteiger partial charge is 0.379 e. The molecule has 2 N–H and O–H groups in total. The lowest BCUT2D eigenvalue weighted by Gasteiger charge is -2.36. The van der Waals surface area contributed by atoms with Gasteiger partial charge in [0.15, 0.2) is 5.78 Å². The van der Waals surface area contributed by atoms with Crippen molar-refractivity contribution >= 4 is 11.7 Å². The topological polar surface area (TPSA) is 82.3 Å². The highest BCUT2D eigenvalue weighted by atomic mass is 16.5. The van der Waals surface area contributed by atoms with Crippen molar-refractivity contribution in [2.75, 3.05) is 13.2 Å². The second kappa shape index (κ2) is 3.68. The molecule has 1 saturated heterocycles. The van der Waals surface area contributed by atoms with Crippen LogP contribution in [0.3, 0.4) is 0 Å². The molecule has 1 aliphatic rings. The standard InChI is InChI=1S/C11H12N2O3/c1-11(5-16-6-11)9(14)8-7(10(12)15)3-2-4-13-8/h2-4H,5-6H2,1H3,(H2,12,15). The van der Waals surface area contributed by atoms with Crippen molar-refractivity contribution in [1.29, 1.82) is 0 Å². The summed E-state index contributed by atoms with van der Waals surface area (Å²) in [5.41, 5.74) is 4.93. The second-order valence-corrected chi connectivity index (χ2v) is 4.15. The number of aromatic nitrogens is 1. The first kappa shape index (κ1) is 10.8. The van der Waals surface area contributed by atoms with E-state index >= 15 is 0 Å². The molecule has 1 aromatic heterocycles. The van der Waals surface area contributed by atoms with Crippen molar-refractivity contribution in [3.05, 3.63) is 29.6 Å². The number of primary amides is 1. The lowest BCUT2D eigenvalue weighted by Crippen LogP contribution is -2.47. The van der Waals surface area contributed by atoms with E-state index in [0.29, 0.717) is 13.2 Å². The molecule has 1 amide bonds. The Morgan fingerprint density at radius 2 is 2.19 bits per heavy atom. The van der Waals surface area contributed by atoms with Crippen LogP contribution >= 0.6 is 0 Å². The number of carbonyl (C=O) groups excluding carboxylic acids is 2. The van der Waals surface area contributed by atoms with Crippen LogP contribution in [0.15, 0.2) is 18.3 Å². The molecule has 2 rings (SSSR count). The molecule has 0 bridgehead atoms. The van der Waals surface area contributed by atoms with Gasteiger partial charge >= 0.3 is 0 Å². The summed E-state index contributed by atoms with van der Waals surface area (Å²) in [5, 5.41) is 0. The number of hydrogen-bond acceptors (Lipinski definition) is 4. The smallest absolute Gasteiger partial charge is 0.251 e. The minimum absolute atomic E-state index is 0.140. The fourth-order valence-electron chi connectivity index (χ4n) is 1.61. The third-order valence-electron chi connectivity index (χ3n) is 2.68. The molecule has 1 aromatic rings. The Hall–Kier alpha value is -1.75. The van der Waals surface area contributed by atoms with Crippen LogP contribution in [-0.4, -0.2) is 29.9 Å². The van der Waals surface area contributed by atoms with Crippen LogP contribution in [0.25, 0.3) is 0 Å². The fourth-order valence-corrected chi connectivity index (χ4v) is 1.61. The molecule has 0 unspecified atom stereocenters. The van der Waals surface area contributed by atoms with Crippen LogP contribution in [0.5, 0.6) is 0 Å². The average Bonchev–Trinajstić information content (AvgIpc) is 2.25. The summed E-state index contributed by atoms with van der Waals surface area (Å²) in [6.45, 7) is 2.51. The van der Waals surface area contributed by atoms with E-state index in [2.05, 4.69) is 4.98 Å². The SMILES string of the molecule is CC1(C(=O)c2ncccc2C(N)=O)COC1. The molecule has 0 saturated carbocycles. The van der Waals surface area contributed by atoms with Gasteiger partial charge in [-0.15, -0.1) is 0 Å². The Morgan fingerprint density at radius 3 is 2.69 bits per heavy atom. The van der Waals surface area contributed by atoms with Crippen LogP contribution in [0, 0.1) is 5.41 Å². The molecule has 5 heteroatoms. The first-order chi connectivity index (χ1) is 7.54. The Balaban J connectivity index is 2.40. The van der Waals surface area contributed by atoms with Crippen molar-refractivity contribution in [2.45, 2.75) is 6.92 Å². The van der Waals surface area contributed by atoms with Gasteiger partial charge in [-0.1, -0.05) is 0 Å². The van der Waals surface area contributed by atoms with Crippen LogP contribution in [0.1, 0.15) is 27.8 Å². The monoisotopic (exact) mass is 220 g/mol. The van der Waals surface area contributed by atoms with Crippen molar-refractivity contribution < 1.29 is 14.3 Å². The average molecular weight is 220 g/mol. The Bertz CT molecular complexity index is 452. The van der Waals surface area contributed by atoms with E-state index in [1.807, 2.05) is 0 Å². The van der Waals surface area contributed by atoms with E-state index in [9.17, 15) is 9.59 Å². The van der Waals surface area contributed by atoms with Gasteiger partial charge in [0, 0.05) is 6.20 Å². The van der Waals surface area contributed by atoms with Gasteiger partial charge in [0.05, 0.1) is 24.2 Å². The van der Waals surface area contributed by atoms with Crippen LogP contribution in [0.2, 0.25) is 0 Å². The van der Waals surface area contributed by atoms with Crippen LogP contribution < -0.4 is 5.73 Å². The fraction of sp³-hybridized carbons (Fsp3) is 0.364. The van der Waals surface area contributed by atoms with Gasteiger partial charge in [-0.2, -0.15) is 0 Å². The molecule has 1 aliphatic heterocycles. The van der Waals surface area contributed by atoms with Gasteiger partial charge in [0.2, 0.25) is 0 Å². The van der Waals surface area contributed by atoms with E-state index in [-0.39, 0.29) is 17.0 Å². The molecule has 16 heavy (non-hydrogen) atoms. The lowest BCUT2D eigenvalue weighted by atomic mass is 9.81. The zero-order valence-corrected chi connectivity index (χ0v) is 8.90. The van der Waals surface area contributed by atoms with Crippen molar-refractivity contribution in [3.8, 4) is 0 Å². The maximum atomic E-state index is 12.1. The highest BCUT2D eigenvalue weighted by Gasteiger charge is 2.43.